The van der Waals surface area contributed by atoms with Gasteiger partial charge >= 0.3 is 0 Å². The lowest BCUT2D eigenvalue weighted by molar-refractivity contribution is -0.135. The van der Waals surface area contributed by atoms with E-state index in [1.54, 1.807) is 0 Å². The van der Waals surface area contributed by atoms with Gasteiger partial charge in [-0.05, 0) is 25.4 Å². The van der Waals surface area contributed by atoms with Crippen LogP contribution in [0.4, 0.5) is 0 Å². The third-order valence-electron chi connectivity index (χ3n) is 3.41. The van der Waals surface area contributed by atoms with Crippen molar-refractivity contribution in [2.45, 2.75) is 33.7 Å². The molecule has 0 saturated carbocycles. The molecule has 1 aliphatic rings. The zero-order valence-electron chi connectivity index (χ0n) is 12.8. The maximum Gasteiger partial charge on any atom is 0.241 e. The van der Waals surface area contributed by atoms with Gasteiger partial charge in [-0.15, -0.1) is 0 Å². The molecule has 1 rings (SSSR count). The first kappa shape index (κ1) is 15.4. The Hall–Kier alpha value is -0.610. The summed E-state index contributed by atoms with van der Waals surface area (Å²) in [7, 11) is 3.96. The van der Waals surface area contributed by atoms with E-state index in [0.717, 1.165) is 26.2 Å². The monoisotopic (exact) mass is 255 g/mol. The minimum atomic E-state index is -0.0319. The highest BCUT2D eigenvalue weighted by atomic mass is 16.2. The van der Waals surface area contributed by atoms with Crippen LogP contribution in [0.2, 0.25) is 0 Å². The van der Waals surface area contributed by atoms with Crippen LogP contribution in [0.5, 0.6) is 0 Å². The molecule has 4 heteroatoms. The van der Waals surface area contributed by atoms with Gasteiger partial charge in [0.05, 0.1) is 0 Å². The molecule has 0 radical (unpaired) electrons. The molecule has 1 aliphatic heterocycles. The Labute approximate surface area is 112 Å². The fourth-order valence-electron chi connectivity index (χ4n) is 2.86. The van der Waals surface area contributed by atoms with Gasteiger partial charge in [-0.3, -0.25) is 9.69 Å². The van der Waals surface area contributed by atoms with E-state index in [-0.39, 0.29) is 17.4 Å². The zero-order chi connectivity index (χ0) is 13.9. The van der Waals surface area contributed by atoms with Crippen LogP contribution in [0.1, 0.15) is 27.7 Å². The molecule has 1 amide bonds. The van der Waals surface area contributed by atoms with Crippen molar-refractivity contribution in [1.29, 1.82) is 0 Å². The predicted molar refractivity (Wildman–Crippen MR) is 75.5 cm³/mol. The van der Waals surface area contributed by atoms with Crippen molar-refractivity contribution in [3.05, 3.63) is 0 Å². The first-order chi connectivity index (χ1) is 8.26. The quantitative estimate of drug-likeness (QED) is 0.815. The van der Waals surface area contributed by atoms with E-state index < -0.39 is 0 Å². The van der Waals surface area contributed by atoms with Crippen LogP contribution in [0.3, 0.4) is 0 Å². The van der Waals surface area contributed by atoms with E-state index in [1.807, 2.05) is 7.05 Å². The van der Waals surface area contributed by atoms with Gasteiger partial charge in [-0.2, -0.15) is 0 Å². The lowest BCUT2D eigenvalue weighted by atomic mass is 9.92. The number of likely N-dealkylation sites (N-methyl/N-ethyl adjacent to an activating group) is 2. The topological polar surface area (TPSA) is 35.6 Å². The van der Waals surface area contributed by atoms with Crippen molar-refractivity contribution in [3.8, 4) is 0 Å². The summed E-state index contributed by atoms with van der Waals surface area (Å²) in [5, 5.41) is 3.14. The molecule has 0 bridgehead atoms. The summed E-state index contributed by atoms with van der Waals surface area (Å²) >= 11 is 0. The SMILES string of the molecule is CNCC1C(=O)N(CC(C)C)CC(C)(C)CN1C. The Kier molecular flexibility index (Phi) is 5.17. The highest BCUT2D eigenvalue weighted by Crippen LogP contribution is 2.24. The smallest absolute Gasteiger partial charge is 0.241 e. The van der Waals surface area contributed by atoms with Gasteiger partial charge in [0.2, 0.25) is 5.91 Å². The lowest BCUT2D eigenvalue weighted by Crippen LogP contribution is -2.49. The van der Waals surface area contributed by atoms with Crippen LogP contribution in [0, 0.1) is 11.3 Å². The Morgan fingerprint density at radius 2 is 2.00 bits per heavy atom. The highest BCUT2D eigenvalue weighted by Gasteiger charge is 2.37. The van der Waals surface area contributed by atoms with Crippen LogP contribution < -0.4 is 5.32 Å². The summed E-state index contributed by atoms with van der Waals surface area (Å²) < 4.78 is 0. The molecule has 18 heavy (non-hydrogen) atoms. The summed E-state index contributed by atoms with van der Waals surface area (Å²) in [6.07, 6.45) is 0. The van der Waals surface area contributed by atoms with E-state index in [0.29, 0.717) is 5.92 Å². The summed E-state index contributed by atoms with van der Waals surface area (Å²) in [5.74, 6) is 0.787. The summed E-state index contributed by atoms with van der Waals surface area (Å²) in [5.41, 5.74) is 0.155. The molecule has 1 saturated heterocycles. The number of hydrogen-bond donors (Lipinski definition) is 1. The second-order valence-corrected chi connectivity index (χ2v) is 6.77. The molecule has 1 atom stereocenters. The molecule has 1 unspecified atom stereocenters. The summed E-state index contributed by atoms with van der Waals surface area (Å²) in [6, 6.07) is -0.0319. The van der Waals surface area contributed by atoms with Crippen molar-refractivity contribution >= 4 is 5.91 Å². The lowest BCUT2D eigenvalue weighted by Gasteiger charge is -2.30. The van der Waals surface area contributed by atoms with Gasteiger partial charge in [0.1, 0.15) is 6.04 Å². The molecule has 1 fully saturated rings. The average molecular weight is 255 g/mol. The number of hydrogen-bond acceptors (Lipinski definition) is 3. The summed E-state index contributed by atoms with van der Waals surface area (Å²) in [6.45, 7) is 12.2. The average Bonchev–Trinajstić information content (AvgIpc) is 2.27. The van der Waals surface area contributed by atoms with Gasteiger partial charge in [0.25, 0.3) is 0 Å². The largest absolute Gasteiger partial charge is 0.340 e. The minimum absolute atomic E-state index is 0.0319. The standard InChI is InChI=1S/C14H29N3O/c1-11(2)8-17-10-14(3,4)9-16(6)12(7-15-5)13(17)18/h11-12,15H,7-10H2,1-6H3. The molecule has 1 heterocycles. The number of carbonyl (C=O) groups excluding carboxylic acids is 1. The molecule has 0 aromatic rings. The number of rotatable bonds is 4. The van der Waals surface area contributed by atoms with Crippen molar-refractivity contribution in [3.63, 3.8) is 0 Å². The fourth-order valence-corrected chi connectivity index (χ4v) is 2.86. The molecule has 0 spiro atoms. The second-order valence-electron chi connectivity index (χ2n) is 6.77. The van der Waals surface area contributed by atoms with Gasteiger partial charge in [0.15, 0.2) is 0 Å². The second kappa shape index (κ2) is 6.02. The Balaban J connectivity index is 2.92. The van der Waals surface area contributed by atoms with Crippen molar-refractivity contribution in [1.82, 2.24) is 15.1 Å². The first-order valence-corrected chi connectivity index (χ1v) is 6.90. The number of amides is 1. The van der Waals surface area contributed by atoms with Crippen LogP contribution in [0.25, 0.3) is 0 Å². The van der Waals surface area contributed by atoms with Crippen LogP contribution in [0.15, 0.2) is 0 Å². The molecule has 1 N–H and O–H groups in total. The summed E-state index contributed by atoms with van der Waals surface area (Å²) in [4.78, 5) is 16.9. The number of nitrogens with zero attached hydrogens (tertiary/aromatic N) is 2. The van der Waals surface area contributed by atoms with Crippen molar-refractivity contribution in [2.24, 2.45) is 11.3 Å². The third-order valence-corrected chi connectivity index (χ3v) is 3.41. The Morgan fingerprint density at radius 1 is 1.39 bits per heavy atom. The molecule has 106 valence electrons. The fraction of sp³-hybridized carbons (Fsp3) is 0.929. The van der Waals surface area contributed by atoms with Crippen LogP contribution >= 0.6 is 0 Å². The maximum atomic E-state index is 12.6. The highest BCUT2D eigenvalue weighted by molar-refractivity contribution is 5.82. The van der Waals surface area contributed by atoms with Gasteiger partial charge in [0, 0.05) is 26.2 Å². The van der Waals surface area contributed by atoms with E-state index in [1.165, 1.54) is 0 Å². The Bertz CT molecular complexity index is 289. The number of nitrogens with one attached hydrogen (secondary N) is 1. The molecular weight excluding hydrogens is 226 g/mol. The van der Waals surface area contributed by atoms with Crippen molar-refractivity contribution in [2.75, 3.05) is 40.3 Å². The third kappa shape index (κ3) is 3.95. The normalized spacial score (nSPS) is 25.6. The first-order valence-electron chi connectivity index (χ1n) is 6.90. The van der Waals surface area contributed by atoms with E-state index in [4.69, 9.17) is 0 Å². The molecular formula is C14H29N3O. The minimum Gasteiger partial charge on any atom is -0.340 e. The van der Waals surface area contributed by atoms with E-state index in [9.17, 15) is 4.79 Å². The number of carbonyl (C=O) groups is 1. The molecule has 0 aromatic heterocycles. The molecule has 0 aromatic carbocycles. The maximum absolute atomic E-state index is 12.6. The van der Waals surface area contributed by atoms with Crippen LogP contribution in [-0.2, 0) is 4.79 Å². The van der Waals surface area contributed by atoms with Gasteiger partial charge in [-0.1, -0.05) is 27.7 Å². The molecule has 4 nitrogen and oxygen atoms in total. The van der Waals surface area contributed by atoms with E-state index in [2.05, 4.69) is 49.9 Å². The zero-order valence-corrected chi connectivity index (χ0v) is 12.8. The van der Waals surface area contributed by atoms with E-state index >= 15 is 0 Å². The van der Waals surface area contributed by atoms with Crippen molar-refractivity contribution < 1.29 is 4.79 Å². The predicted octanol–water partition coefficient (Wildman–Crippen LogP) is 1.03. The Morgan fingerprint density at radius 3 is 2.50 bits per heavy atom. The van der Waals surface area contributed by atoms with Crippen LogP contribution in [-0.4, -0.2) is 62.0 Å². The molecule has 0 aliphatic carbocycles. The van der Waals surface area contributed by atoms with Gasteiger partial charge in [-0.25, -0.2) is 0 Å². The van der Waals surface area contributed by atoms with Gasteiger partial charge < -0.3 is 10.2 Å².